The second kappa shape index (κ2) is 6.82. The molecule has 130 valence electrons. The quantitative estimate of drug-likeness (QED) is 0.764. The van der Waals surface area contributed by atoms with E-state index in [1.54, 1.807) is 37.3 Å². The molecule has 1 N–H and O–H groups in total. The fourth-order valence-electron chi connectivity index (χ4n) is 2.73. The molecule has 0 aliphatic carbocycles. The van der Waals surface area contributed by atoms with Gasteiger partial charge in [0.25, 0.3) is 5.56 Å². The number of sulfonamides is 1. The summed E-state index contributed by atoms with van der Waals surface area (Å²) in [5.74, 6) is 0. The van der Waals surface area contributed by atoms with Crippen LogP contribution in [0.25, 0.3) is 10.9 Å². The van der Waals surface area contributed by atoms with Gasteiger partial charge in [0.1, 0.15) is 0 Å². The van der Waals surface area contributed by atoms with Gasteiger partial charge >= 0.3 is 0 Å². The average Bonchev–Trinajstić information content (AvgIpc) is 2.60. The lowest BCUT2D eigenvalue weighted by molar-refractivity contribution is 0.422. The van der Waals surface area contributed by atoms with Crippen molar-refractivity contribution in [3.63, 3.8) is 0 Å². The van der Waals surface area contributed by atoms with Gasteiger partial charge in [-0.05, 0) is 36.6 Å². The highest BCUT2D eigenvalue weighted by Gasteiger charge is 2.24. The summed E-state index contributed by atoms with van der Waals surface area (Å²) >= 11 is 0. The molecule has 2 aromatic carbocycles. The number of pyridine rings is 1. The first-order valence-electron chi connectivity index (χ1n) is 8.09. The minimum atomic E-state index is -3.66. The molecule has 6 heteroatoms. The molecule has 1 aromatic heterocycles. The molecule has 3 aromatic rings. The smallest absolute Gasteiger partial charge is 0.252 e. The molecule has 5 nitrogen and oxygen atoms in total. The van der Waals surface area contributed by atoms with Crippen molar-refractivity contribution in [1.29, 1.82) is 0 Å². The zero-order chi connectivity index (χ0) is 18.0. The second-order valence-corrected chi connectivity index (χ2v) is 7.89. The summed E-state index contributed by atoms with van der Waals surface area (Å²) in [4.78, 5) is 15.4. The summed E-state index contributed by atoms with van der Waals surface area (Å²) in [6.45, 7) is 3.99. The van der Waals surface area contributed by atoms with Crippen molar-refractivity contribution in [3.8, 4) is 0 Å². The number of nitrogens with one attached hydrogen (secondary N) is 1. The van der Waals surface area contributed by atoms with Crippen LogP contribution in [-0.2, 0) is 16.6 Å². The SMILES string of the molecule is CCN(Cc1cc2ccccc2[nH]c1=O)S(=O)(=O)c1ccc(C)cc1. The normalized spacial score (nSPS) is 12.0. The number of fused-ring (bicyclic) bond motifs is 1. The molecule has 0 unspecified atom stereocenters. The molecular weight excluding hydrogens is 336 g/mol. The van der Waals surface area contributed by atoms with Crippen LogP contribution in [0.15, 0.2) is 64.3 Å². The van der Waals surface area contributed by atoms with Crippen LogP contribution < -0.4 is 5.56 Å². The van der Waals surface area contributed by atoms with Gasteiger partial charge in [-0.3, -0.25) is 4.79 Å². The lowest BCUT2D eigenvalue weighted by Crippen LogP contribution is -2.32. The first kappa shape index (κ1) is 17.4. The fraction of sp³-hybridized carbons (Fsp3) is 0.211. The molecule has 1 heterocycles. The van der Waals surface area contributed by atoms with E-state index >= 15 is 0 Å². The predicted octanol–water partition coefficient (Wildman–Crippen LogP) is 3.05. The maximum atomic E-state index is 12.9. The van der Waals surface area contributed by atoms with Crippen molar-refractivity contribution in [3.05, 3.63) is 76.1 Å². The molecule has 0 saturated heterocycles. The third-order valence-corrected chi connectivity index (χ3v) is 6.12. The van der Waals surface area contributed by atoms with Crippen molar-refractivity contribution in [2.45, 2.75) is 25.3 Å². The molecule has 0 aliphatic heterocycles. The van der Waals surface area contributed by atoms with Gasteiger partial charge in [-0.15, -0.1) is 0 Å². The number of aromatic amines is 1. The minimum absolute atomic E-state index is 0.0346. The Hall–Kier alpha value is -2.44. The molecule has 25 heavy (non-hydrogen) atoms. The largest absolute Gasteiger partial charge is 0.322 e. The van der Waals surface area contributed by atoms with Crippen molar-refractivity contribution >= 4 is 20.9 Å². The maximum absolute atomic E-state index is 12.9. The number of H-pyrrole nitrogens is 1. The van der Waals surface area contributed by atoms with E-state index in [1.165, 1.54) is 4.31 Å². The monoisotopic (exact) mass is 356 g/mol. The Balaban J connectivity index is 1.98. The Labute approximate surface area is 147 Å². The van der Waals surface area contributed by atoms with Crippen molar-refractivity contribution < 1.29 is 8.42 Å². The molecule has 0 aliphatic rings. The summed E-state index contributed by atoms with van der Waals surface area (Å²) in [6, 6.07) is 15.9. The maximum Gasteiger partial charge on any atom is 0.252 e. The Kier molecular flexibility index (Phi) is 4.74. The number of hydrogen-bond donors (Lipinski definition) is 1. The van der Waals surface area contributed by atoms with E-state index < -0.39 is 10.0 Å². The van der Waals surface area contributed by atoms with Gasteiger partial charge < -0.3 is 4.98 Å². The highest BCUT2D eigenvalue weighted by atomic mass is 32.2. The van der Waals surface area contributed by atoms with Crippen molar-refractivity contribution in [2.75, 3.05) is 6.54 Å². The van der Waals surface area contributed by atoms with Crippen LogP contribution in [0.5, 0.6) is 0 Å². The van der Waals surface area contributed by atoms with Gasteiger partial charge in [0.05, 0.1) is 4.90 Å². The summed E-state index contributed by atoms with van der Waals surface area (Å²) in [5, 5.41) is 0.876. The number of hydrogen-bond acceptors (Lipinski definition) is 3. The number of para-hydroxylation sites is 1. The van der Waals surface area contributed by atoms with Crippen LogP contribution in [-0.4, -0.2) is 24.3 Å². The molecule has 3 rings (SSSR count). The first-order chi connectivity index (χ1) is 11.9. The summed E-state index contributed by atoms with van der Waals surface area (Å²) in [6.07, 6.45) is 0. The molecule has 0 bridgehead atoms. The molecular formula is C19H20N2O3S. The van der Waals surface area contributed by atoms with Gasteiger partial charge in [-0.1, -0.05) is 42.8 Å². The van der Waals surface area contributed by atoms with Crippen LogP contribution in [0, 0.1) is 6.92 Å². The summed E-state index contributed by atoms with van der Waals surface area (Å²) in [5.41, 5.74) is 1.89. The van der Waals surface area contributed by atoms with Crippen LogP contribution in [0.1, 0.15) is 18.1 Å². The zero-order valence-corrected chi connectivity index (χ0v) is 15.0. The summed E-state index contributed by atoms with van der Waals surface area (Å²) < 4.78 is 27.1. The van der Waals surface area contributed by atoms with Gasteiger partial charge in [0.15, 0.2) is 0 Å². The van der Waals surface area contributed by atoms with Gasteiger partial charge in [0.2, 0.25) is 10.0 Å². The van der Waals surface area contributed by atoms with E-state index in [9.17, 15) is 13.2 Å². The molecule has 0 radical (unpaired) electrons. The molecule has 0 atom stereocenters. The number of nitrogens with zero attached hydrogens (tertiary/aromatic N) is 1. The Morgan fingerprint density at radius 1 is 1.04 bits per heavy atom. The second-order valence-electron chi connectivity index (χ2n) is 5.96. The fourth-order valence-corrected chi connectivity index (χ4v) is 4.15. The predicted molar refractivity (Wildman–Crippen MR) is 99.0 cm³/mol. The Morgan fingerprint density at radius 2 is 1.72 bits per heavy atom. The molecule has 0 fully saturated rings. The zero-order valence-electron chi connectivity index (χ0n) is 14.2. The minimum Gasteiger partial charge on any atom is -0.322 e. The third kappa shape index (κ3) is 3.50. The number of rotatable bonds is 5. The van der Waals surface area contributed by atoms with Crippen molar-refractivity contribution in [1.82, 2.24) is 9.29 Å². The number of aromatic nitrogens is 1. The van der Waals surface area contributed by atoms with Crippen LogP contribution in [0.2, 0.25) is 0 Å². The number of aryl methyl sites for hydroxylation is 1. The van der Waals surface area contributed by atoms with Gasteiger partial charge in [0, 0.05) is 24.2 Å². The van der Waals surface area contributed by atoms with Crippen molar-refractivity contribution in [2.24, 2.45) is 0 Å². The van der Waals surface area contributed by atoms with Gasteiger partial charge in [-0.2, -0.15) is 4.31 Å². The van der Waals surface area contributed by atoms with E-state index in [0.29, 0.717) is 5.56 Å². The average molecular weight is 356 g/mol. The lowest BCUT2D eigenvalue weighted by Gasteiger charge is -2.20. The number of benzene rings is 2. The highest BCUT2D eigenvalue weighted by Crippen LogP contribution is 2.19. The standard InChI is InChI=1S/C19H20N2O3S/c1-3-21(25(23,24)17-10-8-14(2)9-11-17)13-16-12-15-6-4-5-7-18(15)20-19(16)22/h4-12H,3,13H2,1-2H3,(H,20,22). The van der Waals surface area contributed by atoms with Crippen LogP contribution in [0.4, 0.5) is 0 Å². The topological polar surface area (TPSA) is 70.2 Å². The Bertz CT molecular complexity index is 1050. The third-order valence-electron chi connectivity index (χ3n) is 4.19. The highest BCUT2D eigenvalue weighted by molar-refractivity contribution is 7.89. The lowest BCUT2D eigenvalue weighted by atomic mass is 10.1. The Morgan fingerprint density at radius 3 is 2.40 bits per heavy atom. The van der Waals surface area contributed by atoms with Crippen LogP contribution >= 0.6 is 0 Å². The van der Waals surface area contributed by atoms with Crippen LogP contribution in [0.3, 0.4) is 0 Å². The molecule has 0 amide bonds. The van der Waals surface area contributed by atoms with E-state index in [2.05, 4.69) is 4.98 Å². The van der Waals surface area contributed by atoms with E-state index in [4.69, 9.17) is 0 Å². The van der Waals surface area contributed by atoms with E-state index in [1.807, 2.05) is 31.2 Å². The first-order valence-corrected chi connectivity index (χ1v) is 9.53. The molecule has 0 saturated carbocycles. The summed E-state index contributed by atoms with van der Waals surface area (Å²) in [7, 11) is -3.66. The molecule has 0 spiro atoms. The van der Waals surface area contributed by atoms with Gasteiger partial charge in [-0.25, -0.2) is 8.42 Å². The van der Waals surface area contributed by atoms with E-state index in [0.717, 1.165) is 16.5 Å². The van der Waals surface area contributed by atoms with E-state index in [-0.39, 0.29) is 23.5 Å².